The Bertz CT molecular complexity index is 845. The van der Waals surface area contributed by atoms with Gasteiger partial charge in [-0.2, -0.15) is 0 Å². The zero-order chi connectivity index (χ0) is 20.6. The Morgan fingerprint density at radius 3 is 2.47 bits per heavy atom. The van der Waals surface area contributed by atoms with E-state index in [-0.39, 0.29) is 30.0 Å². The van der Waals surface area contributed by atoms with Crippen molar-refractivity contribution in [3.63, 3.8) is 0 Å². The predicted octanol–water partition coefficient (Wildman–Crippen LogP) is 2.86. The number of carbonyl (C=O) groups excluding carboxylic acids is 2. The fourth-order valence-corrected chi connectivity index (χ4v) is 3.68. The average Bonchev–Trinajstić information content (AvgIpc) is 2.74. The normalized spacial score (nSPS) is 15.1. The molecule has 7 heteroatoms. The van der Waals surface area contributed by atoms with Crippen LogP contribution in [0.15, 0.2) is 48.5 Å². The number of fused-ring (bicyclic) bond motifs is 1. The van der Waals surface area contributed by atoms with Gasteiger partial charge in [0.25, 0.3) is 0 Å². The maximum atomic E-state index is 13.0. The number of nitrogens with zero attached hydrogens (tertiary/aromatic N) is 1. The van der Waals surface area contributed by atoms with E-state index in [4.69, 9.17) is 0 Å². The summed E-state index contributed by atoms with van der Waals surface area (Å²) in [5.41, 5.74) is 3.18. The minimum atomic E-state index is -0.500. The van der Waals surface area contributed by atoms with E-state index in [9.17, 15) is 14.0 Å². The van der Waals surface area contributed by atoms with Gasteiger partial charge in [0.15, 0.2) is 0 Å². The van der Waals surface area contributed by atoms with Crippen molar-refractivity contribution < 1.29 is 14.0 Å². The van der Waals surface area contributed by atoms with E-state index >= 15 is 0 Å². The minimum Gasteiger partial charge on any atom is -0.354 e. The number of halogens is 2. The highest BCUT2D eigenvalue weighted by molar-refractivity contribution is 5.88. The zero-order valence-corrected chi connectivity index (χ0v) is 18.0. The van der Waals surface area contributed by atoms with E-state index in [1.807, 2.05) is 31.3 Å². The van der Waals surface area contributed by atoms with E-state index in [0.29, 0.717) is 32.4 Å². The van der Waals surface area contributed by atoms with Gasteiger partial charge >= 0.3 is 0 Å². The molecule has 0 spiro atoms. The van der Waals surface area contributed by atoms with Crippen molar-refractivity contribution in [1.82, 2.24) is 15.5 Å². The molecule has 1 aliphatic rings. The first kappa shape index (κ1) is 23.8. The van der Waals surface area contributed by atoms with Crippen molar-refractivity contribution in [2.24, 2.45) is 0 Å². The maximum Gasteiger partial charge on any atom is 0.243 e. The lowest BCUT2D eigenvalue weighted by atomic mass is 9.93. The number of amides is 2. The van der Waals surface area contributed by atoms with Crippen molar-refractivity contribution in [2.45, 2.75) is 38.3 Å². The Hall–Kier alpha value is -2.44. The molecule has 1 unspecified atom stereocenters. The van der Waals surface area contributed by atoms with E-state index in [2.05, 4.69) is 10.6 Å². The summed E-state index contributed by atoms with van der Waals surface area (Å²) >= 11 is 0. The molecule has 1 aliphatic heterocycles. The monoisotopic (exact) mass is 433 g/mol. The van der Waals surface area contributed by atoms with Crippen molar-refractivity contribution in [2.75, 3.05) is 20.1 Å². The molecular weight excluding hydrogens is 405 g/mol. The summed E-state index contributed by atoms with van der Waals surface area (Å²) in [5.74, 6) is -0.400. The minimum absolute atomic E-state index is 0. The molecule has 2 N–H and O–H groups in total. The van der Waals surface area contributed by atoms with Crippen LogP contribution in [0.1, 0.15) is 29.5 Å². The van der Waals surface area contributed by atoms with Crippen LogP contribution in [0, 0.1) is 5.82 Å². The molecule has 5 nitrogen and oxygen atoms in total. The van der Waals surface area contributed by atoms with Crippen LogP contribution in [-0.4, -0.2) is 42.9 Å². The summed E-state index contributed by atoms with van der Waals surface area (Å²) in [4.78, 5) is 27.4. The van der Waals surface area contributed by atoms with Crippen LogP contribution in [0.25, 0.3) is 0 Å². The summed E-state index contributed by atoms with van der Waals surface area (Å²) < 4.78 is 13.0. The molecule has 162 valence electrons. The SMILES string of the molecule is CNCCCC(=O)N1Cc2ccccc2CC1C(=O)NCCc1ccc(F)cc1.Cl. The molecule has 1 atom stereocenters. The molecule has 3 rings (SSSR count). The third-order valence-corrected chi connectivity index (χ3v) is 5.32. The first-order valence-electron chi connectivity index (χ1n) is 10.1. The Labute approximate surface area is 183 Å². The lowest BCUT2D eigenvalue weighted by Gasteiger charge is -2.36. The molecule has 0 fully saturated rings. The molecule has 0 saturated heterocycles. The van der Waals surface area contributed by atoms with Crippen LogP contribution >= 0.6 is 12.4 Å². The van der Waals surface area contributed by atoms with Gasteiger partial charge in [-0.05, 0) is 55.3 Å². The van der Waals surface area contributed by atoms with Gasteiger partial charge in [-0.25, -0.2) is 4.39 Å². The Morgan fingerprint density at radius 2 is 1.77 bits per heavy atom. The summed E-state index contributed by atoms with van der Waals surface area (Å²) in [7, 11) is 1.86. The smallest absolute Gasteiger partial charge is 0.243 e. The summed E-state index contributed by atoms with van der Waals surface area (Å²) in [6.07, 6.45) is 2.30. The second kappa shape index (κ2) is 11.7. The third kappa shape index (κ3) is 6.28. The van der Waals surface area contributed by atoms with Gasteiger partial charge in [-0.1, -0.05) is 36.4 Å². The van der Waals surface area contributed by atoms with Crippen LogP contribution in [0.3, 0.4) is 0 Å². The van der Waals surface area contributed by atoms with Crippen LogP contribution in [0.2, 0.25) is 0 Å². The quantitative estimate of drug-likeness (QED) is 0.629. The number of carbonyl (C=O) groups is 2. The molecule has 0 saturated carbocycles. The van der Waals surface area contributed by atoms with Crippen LogP contribution in [0.5, 0.6) is 0 Å². The van der Waals surface area contributed by atoms with Gasteiger partial charge in [0.2, 0.25) is 11.8 Å². The van der Waals surface area contributed by atoms with Gasteiger partial charge in [-0.3, -0.25) is 9.59 Å². The van der Waals surface area contributed by atoms with Crippen molar-refractivity contribution in [1.29, 1.82) is 0 Å². The van der Waals surface area contributed by atoms with Crippen molar-refractivity contribution in [3.05, 3.63) is 71.0 Å². The highest BCUT2D eigenvalue weighted by Gasteiger charge is 2.33. The van der Waals surface area contributed by atoms with Crippen molar-refractivity contribution >= 4 is 24.2 Å². The topological polar surface area (TPSA) is 61.4 Å². The highest BCUT2D eigenvalue weighted by atomic mass is 35.5. The Kier molecular flexibility index (Phi) is 9.27. The van der Waals surface area contributed by atoms with Gasteiger partial charge < -0.3 is 15.5 Å². The molecular formula is C23H29ClFN3O2. The number of nitrogens with one attached hydrogen (secondary N) is 2. The maximum absolute atomic E-state index is 13.0. The molecule has 2 amide bonds. The zero-order valence-electron chi connectivity index (χ0n) is 17.2. The van der Waals surface area contributed by atoms with Gasteiger partial charge in [0.05, 0.1) is 0 Å². The number of benzene rings is 2. The van der Waals surface area contributed by atoms with Gasteiger partial charge in [0, 0.05) is 25.9 Å². The summed E-state index contributed by atoms with van der Waals surface area (Å²) in [6, 6.07) is 13.7. The first-order chi connectivity index (χ1) is 14.1. The second-order valence-corrected chi connectivity index (χ2v) is 7.38. The largest absolute Gasteiger partial charge is 0.354 e. The Balaban J connectivity index is 0.00000320. The first-order valence-corrected chi connectivity index (χ1v) is 10.1. The van der Waals surface area contributed by atoms with Crippen LogP contribution in [-0.2, 0) is 29.0 Å². The lowest BCUT2D eigenvalue weighted by molar-refractivity contribution is -0.141. The average molecular weight is 434 g/mol. The number of rotatable bonds is 8. The standard InChI is InChI=1S/C23H28FN3O2.ClH/c1-25-13-4-7-22(28)27-16-19-6-3-2-5-18(19)15-21(27)23(29)26-14-12-17-8-10-20(24)11-9-17;/h2-3,5-6,8-11,21,25H,4,7,12-16H2,1H3,(H,26,29);1H. The third-order valence-electron chi connectivity index (χ3n) is 5.32. The van der Waals surface area contributed by atoms with Crippen LogP contribution < -0.4 is 10.6 Å². The molecule has 1 heterocycles. The summed E-state index contributed by atoms with van der Waals surface area (Å²) in [6.45, 7) is 1.68. The lowest BCUT2D eigenvalue weighted by Crippen LogP contribution is -2.52. The van der Waals surface area contributed by atoms with Crippen LogP contribution in [0.4, 0.5) is 4.39 Å². The van der Waals surface area contributed by atoms with E-state index in [1.54, 1.807) is 17.0 Å². The molecule has 2 aromatic carbocycles. The molecule has 0 bridgehead atoms. The fourth-order valence-electron chi connectivity index (χ4n) is 3.68. The summed E-state index contributed by atoms with van der Waals surface area (Å²) in [5, 5.41) is 6.01. The van der Waals surface area contributed by atoms with Crippen molar-refractivity contribution in [3.8, 4) is 0 Å². The van der Waals surface area contributed by atoms with Gasteiger partial charge in [-0.15, -0.1) is 12.4 Å². The van der Waals surface area contributed by atoms with E-state index in [0.717, 1.165) is 29.7 Å². The molecule has 0 radical (unpaired) electrons. The molecule has 0 aromatic heterocycles. The van der Waals surface area contributed by atoms with E-state index in [1.165, 1.54) is 12.1 Å². The molecule has 0 aliphatic carbocycles. The molecule has 2 aromatic rings. The number of hydrogen-bond donors (Lipinski definition) is 2. The van der Waals surface area contributed by atoms with E-state index < -0.39 is 6.04 Å². The second-order valence-electron chi connectivity index (χ2n) is 7.38. The fraction of sp³-hybridized carbons (Fsp3) is 0.391. The Morgan fingerprint density at radius 1 is 1.07 bits per heavy atom. The highest BCUT2D eigenvalue weighted by Crippen LogP contribution is 2.24. The number of hydrogen-bond acceptors (Lipinski definition) is 3. The predicted molar refractivity (Wildman–Crippen MR) is 118 cm³/mol. The molecule has 30 heavy (non-hydrogen) atoms. The van der Waals surface area contributed by atoms with Gasteiger partial charge in [0.1, 0.15) is 11.9 Å².